The van der Waals surface area contributed by atoms with Crippen molar-refractivity contribution in [2.24, 2.45) is 0 Å². The number of nitrogens with zero attached hydrogens (tertiary/aromatic N) is 1. The Labute approximate surface area is 305 Å². The molecule has 0 N–H and O–H groups in total. The van der Waals surface area contributed by atoms with Crippen LogP contribution in [0, 0.1) is 0 Å². The van der Waals surface area contributed by atoms with Crippen LogP contribution >= 0.6 is 0 Å². The van der Waals surface area contributed by atoms with E-state index in [2.05, 4.69) is 84.9 Å². The summed E-state index contributed by atoms with van der Waals surface area (Å²) in [6.07, 6.45) is 0. The molecule has 0 atom stereocenters. The topological polar surface area (TPSA) is 3.24 Å². The normalized spacial score (nSPS) is 12.2. The Morgan fingerprint density at radius 3 is 1.22 bits per heavy atom. The molecular weight excluding hydrogens is 615 g/mol. The Morgan fingerprint density at radius 1 is 0.255 bits per heavy atom. The molecular formula is C50H35N. The molecule has 0 saturated heterocycles. The molecule has 0 aliphatic heterocycles. The molecule has 0 radical (unpaired) electrons. The zero-order valence-electron chi connectivity index (χ0n) is 31.8. The van der Waals surface area contributed by atoms with Crippen LogP contribution in [0.3, 0.4) is 0 Å². The zero-order chi connectivity index (χ0) is 37.5. The summed E-state index contributed by atoms with van der Waals surface area (Å²) >= 11 is 0. The highest BCUT2D eigenvalue weighted by Crippen LogP contribution is 2.40. The fraction of sp³-hybridized carbons (Fsp3) is 0. The van der Waals surface area contributed by atoms with E-state index in [0.717, 1.165) is 66.3 Å². The average Bonchev–Trinajstić information content (AvgIpc) is 3.24. The first-order valence-corrected chi connectivity index (χ1v) is 17.2. The lowest BCUT2D eigenvalue weighted by molar-refractivity contribution is 1.28. The van der Waals surface area contributed by atoms with E-state index < -0.39 is 0 Å². The molecule has 0 spiro atoms. The first-order chi connectivity index (χ1) is 26.9. The van der Waals surface area contributed by atoms with Gasteiger partial charge in [-0.25, -0.2) is 0 Å². The van der Waals surface area contributed by atoms with Crippen molar-refractivity contribution < 1.29 is 5.48 Å². The monoisotopic (exact) mass is 653 g/mol. The number of benzene rings is 9. The third-order valence-corrected chi connectivity index (χ3v) is 9.47. The standard InChI is InChI=1S/C50H35N/c1-2-11-36(12-3-1)42-17-8-18-43(31-42)39-27-29-48(30-28-39)51(49-21-9-19-44(34-49)46-25-23-37-13-4-6-15-40(37)32-46)50-22-10-20-45(35-50)47-26-24-38-14-5-7-16-41(38)33-47/h1-35H/i27D,28D,29D,30D. The predicted octanol–water partition coefficient (Wildman–Crippen LogP) is 14.1. The van der Waals surface area contributed by atoms with Crippen LogP contribution in [-0.4, -0.2) is 0 Å². The van der Waals surface area contributed by atoms with E-state index in [-0.39, 0.29) is 35.4 Å². The molecule has 0 aliphatic carbocycles. The average molecular weight is 654 g/mol. The van der Waals surface area contributed by atoms with Gasteiger partial charge in [0.25, 0.3) is 0 Å². The third-order valence-electron chi connectivity index (χ3n) is 9.47. The van der Waals surface area contributed by atoms with Gasteiger partial charge in [0.2, 0.25) is 0 Å². The summed E-state index contributed by atoms with van der Waals surface area (Å²) in [5, 5.41) is 4.59. The maximum atomic E-state index is 9.55. The molecule has 51 heavy (non-hydrogen) atoms. The maximum Gasteiger partial charge on any atom is 0.0645 e. The fourth-order valence-electron chi connectivity index (χ4n) is 6.84. The van der Waals surface area contributed by atoms with Crippen molar-refractivity contribution in [2.45, 2.75) is 0 Å². The van der Waals surface area contributed by atoms with Gasteiger partial charge in [0.1, 0.15) is 0 Å². The van der Waals surface area contributed by atoms with Crippen LogP contribution in [0.2, 0.25) is 0 Å². The van der Waals surface area contributed by atoms with Crippen LogP contribution < -0.4 is 4.90 Å². The number of hydrogen-bond acceptors (Lipinski definition) is 1. The molecule has 0 unspecified atom stereocenters. The maximum absolute atomic E-state index is 9.55. The van der Waals surface area contributed by atoms with E-state index in [0.29, 0.717) is 5.56 Å². The van der Waals surface area contributed by atoms with Gasteiger partial charge in [0.15, 0.2) is 0 Å². The third kappa shape index (κ3) is 6.18. The minimum atomic E-state index is -0.117. The molecule has 0 saturated carbocycles. The van der Waals surface area contributed by atoms with Gasteiger partial charge < -0.3 is 4.90 Å². The summed E-state index contributed by atoms with van der Waals surface area (Å²) in [4.78, 5) is 1.88. The summed E-state index contributed by atoms with van der Waals surface area (Å²) in [5.41, 5.74) is 8.52. The molecule has 9 rings (SSSR count). The van der Waals surface area contributed by atoms with Gasteiger partial charge in [-0.05, 0) is 121 Å². The smallest absolute Gasteiger partial charge is 0.0645 e. The van der Waals surface area contributed by atoms with E-state index in [1.807, 2.05) is 108 Å². The predicted molar refractivity (Wildman–Crippen MR) is 218 cm³/mol. The molecule has 9 aromatic carbocycles. The van der Waals surface area contributed by atoms with Gasteiger partial charge >= 0.3 is 0 Å². The molecule has 1 heteroatoms. The van der Waals surface area contributed by atoms with Gasteiger partial charge in [-0.3, -0.25) is 0 Å². The summed E-state index contributed by atoms with van der Waals surface area (Å²) in [6.45, 7) is 0. The second-order valence-corrected chi connectivity index (χ2v) is 12.7. The molecule has 0 aliphatic rings. The molecule has 0 aromatic heterocycles. The fourth-order valence-corrected chi connectivity index (χ4v) is 6.84. The van der Waals surface area contributed by atoms with Crippen molar-refractivity contribution in [2.75, 3.05) is 4.90 Å². The number of rotatable bonds is 7. The van der Waals surface area contributed by atoms with Gasteiger partial charge in [-0.15, -0.1) is 0 Å². The highest BCUT2D eigenvalue weighted by atomic mass is 15.1. The highest BCUT2D eigenvalue weighted by molar-refractivity contribution is 5.90. The van der Waals surface area contributed by atoms with Crippen molar-refractivity contribution >= 4 is 38.6 Å². The van der Waals surface area contributed by atoms with Gasteiger partial charge in [0, 0.05) is 17.1 Å². The number of anilines is 3. The Hall–Kier alpha value is -6.70. The summed E-state index contributed by atoms with van der Waals surface area (Å²) in [5.74, 6) is 0. The molecule has 0 amide bonds. The van der Waals surface area contributed by atoms with Crippen LogP contribution in [0.25, 0.3) is 66.1 Å². The molecule has 0 fully saturated rings. The first-order valence-electron chi connectivity index (χ1n) is 19.2. The second kappa shape index (κ2) is 13.3. The number of hydrogen-bond donors (Lipinski definition) is 0. The summed E-state index contributed by atoms with van der Waals surface area (Å²) < 4.78 is 37.9. The van der Waals surface area contributed by atoms with Crippen molar-refractivity contribution in [3.05, 3.63) is 212 Å². The Morgan fingerprint density at radius 2 is 0.667 bits per heavy atom. The van der Waals surface area contributed by atoms with E-state index in [9.17, 15) is 5.48 Å². The van der Waals surface area contributed by atoms with E-state index >= 15 is 0 Å². The molecule has 9 aromatic rings. The minimum absolute atomic E-state index is 0.0948. The van der Waals surface area contributed by atoms with Crippen LogP contribution in [0.15, 0.2) is 212 Å². The Balaban J connectivity index is 1.23. The summed E-state index contributed by atoms with van der Waals surface area (Å²) in [6, 6.07) is 62.8. The first kappa shape index (κ1) is 26.2. The SMILES string of the molecule is [2H]c1c([2H])c(N(c2cccc(-c3ccc4ccccc4c3)c2)c2cccc(-c3ccc4ccccc4c3)c2)c([2H])c([2H])c1-c1cccc(-c2ccccc2)c1. The van der Waals surface area contributed by atoms with E-state index in [4.69, 9.17) is 0 Å². The van der Waals surface area contributed by atoms with Crippen molar-refractivity contribution in [3.63, 3.8) is 0 Å². The lowest BCUT2D eigenvalue weighted by Gasteiger charge is -2.27. The van der Waals surface area contributed by atoms with E-state index in [1.165, 1.54) is 0 Å². The van der Waals surface area contributed by atoms with E-state index in [1.54, 1.807) is 0 Å². The Kier molecular flexibility index (Phi) is 6.84. The summed E-state index contributed by atoms with van der Waals surface area (Å²) in [7, 11) is 0. The Bertz CT molecular complexity index is 2730. The highest BCUT2D eigenvalue weighted by Gasteiger charge is 2.15. The van der Waals surface area contributed by atoms with Crippen LogP contribution in [0.4, 0.5) is 17.1 Å². The van der Waals surface area contributed by atoms with Crippen LogP contribution in [-0.2, 0) is 0 Å². The van der Waals surface area contributed by atoms with Gasteiger partial charge in [0.05, 0.1) is 5.48 Å². The second-order valence-electron chi connectivity index (χ2n) is 12.7. The zero-order valence-corrected chi connectivity index (χ0v) is 27.8. The number of fused-ring (bicyclic) bond motifs is 2. The lowest BCUT2D eigenvalue weighted by atomic mass is 9.98. The van der Waals surface area contributed by atoms with Crippen molar-refractivity contribution in [1.82, 2.24) is 0 Å². The van der Waals surface area contributed by atoms with Gasteiger partial charge in [-0.2, -0.15) is 0 Å². The van der Waals surface area contributed by atoms with Gasteiger partial charge in [-0.1, -0.05) is 158 Å². The molecule has 0 bridgehead atoms. The van der Waals surface area contributed by atoms with Crippen molar-refractivity contribution in [3.8, 4) is 44.5 Å². The lowest BCUT2D eigenvalue weighted by Crippen LogP contribution is -2.10. The van der Waals surface area contributed by atoms with Crippen LogP contribution in [0.5, 0.6) is 0 Å². The molecule has 1 nitrogen and oxygen atoms in total. The largest absolute Gasteiger partial charge is 0.310 e. The molecule has 0 heterocycles. The quantitative estimate of drug-likeness (QED) is 0.165. The van der Waals surface area contributed by atoms with Crippen molar-refractivity contribution in [1.29, 1.82) is 0 Å². The van der Waals surface area contributed by atoms with Crippen LogP contribution in [0.1, 0.15) is 5.48 Å². The molecule has 240 valence electrons. The minimum Gasteiger partial charge on any atom is -0.310 e.